The highest BCUT2D eigenvalue weighted by molar-refractivity contribution is 6.46. The van der Waals surface area contributed by atoms with E-state index in [1.54, 1.807) is 66.9 Å². The van der Waals surface area contributed by atoms with E-state index in [4.69, 9.17) is 21.1 Å². The van der Waals surface area contributed by atoms with Crippen molar-refractivity contribution in [3.05, 3.63) is 94.3 Å². The van der Waals surface area contributed by atoms with Crippen LogP contribution in [0.5, 0.6) is 11.5 Å². The molecule has 0 spiro atoms. The fraction of sp³-hybridized carbons (Fsp3) is 0.192. The van der Waals surface area contributed by atoms with Gasteiger partial charge in [-0.25, -0.2) is 0 Å². The Bertz CT molecular complexity index is 1260. The molecule has 0 radical (unpaired) electrons. The van der Waals surface area contributed by atoms with Gasteiger partial charge in [0, 0.05) is 17.3 Å². The number of likely N-dealkylation sites (tertiary alicyclic amines) is 1. The SMILES string of the molecule is CCOc1cc(/C(O)=C2\C(=O)C(=O)N(Cc3ccccn3)C2c2ccccc2OC)ccc1Cl. The number of carbonyl (C=O) groups is 2. The second-order valence-electron chi connectivity index (χ2n) is 7.57. The summed E-state index contributed by atoms with van der Waals surface area (Å²) >= 11 is 6.19. The molecule has 0 bridgehead atoms. The average Bonchev–Trinajstić information content (AvgIpc) is 3.10. The first-order valence-corrected chi connectivity index (χ1v) is 11.1. The Hall–Kier alpha value is -3.84. The van der Waals surface area contributed by atoms with Crippen LogP contribution in [0, 0.1) is 0 Å². The smallest absolute Gasteiger partial charge is 0.296 e. The number of Topliss-reactive ketones (excluding diaryl/α,β-unsaturated/α-hetero) is 1. The number of pyridine rings is 1. The summed E-state index contributed by atoms with van der Waals surface area (Å²) in [6.45, 7) is 2.27. The fourth-order valence-corrected chi connectivity index (χ4v) is 4.17. The molecule has 2 heterocycles. The van der Waals surface area contributed by atoms with Gasteiger partial charge in [0.05, 0.1) is 42.6 Å². The number of benzene rings is 2. The highest BCUT2D eigenvalue weighted by Gasteiger charge is 2.47. The van der Waals surface area contributed by atoms with Gasteiger partial charge in [-0.15, -0.1) is 0 Å². The molecule has 1 aliphatic rings. The molecule has 3 aromatic rings. The summed E-state index contributed by atoms with van der Waals surface area (Å²) in [5.41, 5.74) is 1.44. The molecule has 1 unspecified atom stereocenters. The molecule has 1 saturated heterocycles. The Morgan fingerprint density at radius 1 is 1.09 bits per heavy atom. The lowest BCUT2D eigenvalue weighted by atomic mass is 9.94. The minimum Gasteiger partial charge on any atom is -0.507 e. The normalized spacial score (nSPS) is 17.1. The zero-order chi connectivity index (χ0) is 24.2. The monoisotopic (exact) mass is 478 g/mol. The molecule has 174 valence electrons. The molecule has 34 heavy (non-hydrogen) atoms. The Labute approximate surface area is 202 Å². The third-order valence-corrected chi connectivity index (χ3v) is 5.85. The first-order valence-electron chi connectivity index (χ1n) is 10.7. The van der Waals surface area contributed by atoms with Gasteiger partial charge in [-0.2, -0.15) is 0 Å². The number of nitrogens with zero attached hydrogens (tertiary/aromatic N) is 2. The third-order valence-electron chi connectivity index (χ3n) is 5.54. The maximum atomic E-state index is 13.3. The van der Waals surface area contributed by atoms with E-state index in [2.05, 4.69) is 4.98 Å². The van der Waals surface area contributed by atoms with Crippen molar-refractivity contribution in [2.24, 2.45) is 0 Å². The van der Waals surface area contributed by atoms with Crippen LogP contribution >= 0.6 is 11.6 Å². The van der Waals surface area contributed by atoms with Crippen LogP contribution in [-0.4, -0.2) is 40.4 Å². The van der Waals surface area contributed by atoms with E-state index in [9.17, 15) is 14.7 Å². The van der Waals surface area contributed by atoms with Crippen molar-refractivity contribution in [1.29, 1.82) is 0 Å². The molecule has 1 aliphatic heterocycles. The van der Waals surface area contributed by atoms with E-state index in [-0.39, 0.29) is 17.9 Å². The van der Waals surface area contributed by atoms with Gasteiger partial charge in [-0.3, -0.25) is 14.6 Å². The molecule has 1 N–H and O–H groups in total. The highest BCUT2D eigenvalue weighted by Crippen LogP contribution is 2.43. The number of amides is 1. The van der Waals surface area contributed by atoms with Crippen LogP contribution in [0.2, 0.25) is 5.02 Å². The molecule has 4 rings (SSSR count). The van der Waals surface area contributed by atoms with E-state index in [0.29, 0.717) is 39.9 Å². The topological polar surface area (TPSA) is 89.0 Å². The number of ether oxygens (including phenoxy) is 2. The molecule has 1 fully saturated rings. The van der Waals surface area contributed by atoms with Crippen LogP contribution < -0.4 is 9.47 Å². The minimum absolute atomic E-state index is 0.0461. The number of carbonyl (C=O) groups excluding carboxylic acids is 2. The van der Waals surface area contributed by atoms with Gasteiger partial charge in [0.15, 0.2) is 0 Å². The highest BCUT2D eigenvalue weighted by atomic mass is 35.5. The van der Waals surface area contributed by atoms with E-state index in [1.165, 1.54) is 12.0 Å². The molecule has 8 heteroatoms. The standard InChI is InChI=1S/C26H23ClN2O5/c1-3-34-21-14-16(11-12-19(21)27)24(30)22-23(18-9-4-5-10-20(18)33-2)29(26(32)25(22)31)15-17-8-6-7-13-28-17/h4-14,23,30H,3,15H2,1-2H3/b24-22+. The van der Waals surface area contributed by atoms with Gasteiger partial charge in [0.1, 0.15) is 17.3 Å². The number of halogens is 1. The number of rotatable bonds is 7. The van der Waals surface area contributed by atoms with Crippen LogP contribution in [0.15, 0.2) is 72.4 Å². The van der Waals surface area contributed by atoms with Crippen molar-refractivity contribution in [2.45, 2.75) is 19.5 Å². The summed E-state index contributed by atoms with van der Waals surface area (Å²) in [6, 6.07) is 16.2. The molecule has 7 nitrogen and oxygen atoms in total. The predicted molar refractivity (Wildman–Crippen MR) is 128 cm³/mol. The Kier molecular flexibility index (Phi) is 6.84. The number of aliphatic hydroxyl groups excluding tert-OH is 1. The number of para-hydroxylation sites is 1. The lowest BCUT2D eigenvalue weighted by Crippen LogP contribution is -2.29. The van der Waals surface area contributed by atoms with Gasteiger partial charge in [0.2, 0.25) is 0 Å². The second-order valence-corrected chi connectivity index (χ2v) is 7.98. The first-order chi connectivity index (χ1) is 16.5. The van der Waals surface area contributed by atoms with Gasteiger partial charge in [-0.05, 0) is 43.3 Å². The van der Waals surface area contributed by atoms with E-state index in [1.807, 2.05) is 6.92 Å². The van der Waals surface area contributed by atoms with Crippen LogP contribution in [0.4, 0.5) is 0 Å². The fourth-order valence-electron chi connectivity index (χ4n) is 4.00. The zero-order valence-corrected chi connectivity index (χ0v) is 19.5. The average molecular weight is 479 g/mol. The molecular weight excluding hydrogens is 456 g/mol. The quantitative estimate of drug-likeness (QED) is 0.299. The molecule has 1 aromatic heterocycles. The maximum absolute atomic E-state index is 13.3. The number of ketones is 1. The van der Waals surface area contributed by atoms with Gasteiger partial charge in [0.25, 0.3) is 11.7 Å². The van der Waals surface area contributed by atoms with Gasteiger partial charge >= 0.3 is 0 Å². The molecule has 1 atom stereocenters. The number of aromatic nitrogens is 1. The summed E-state index contributed by atoms with van der Waals surface area (Å²) in [6.07, 6.45) is 1.62. The van der Waals surface area contributed by atoms with Crippen molar-refractivity contribution in [1.82, 2.24) is 9.88 Å². The Balaban J connectivity index is 1.90. The molecule has 2 aromatic carbocycles. The summed E-state index contributed by atoms with van der Waals surface area (Å²) in [5.74, 6) is -1.00. The van der Waals surface area contributed by atoms with Crippen molar-refractivity contribution in [3.8, 4) is 11.5 Å². The predicted octanol–water partition coefficient (Wildman–Crippen LogP) is 4.76. The first kappa shape index (κ1) is 23.3. The van der Waals surface area contributed by atoms with Crippen molar-refractivity contribution >= 4 is 29.1 Å². The van der Waals surface area contributed by atoms with Crippen LogP contribution in [-0.2, 0) is 16.1 Å². The lowest BCUT2D eigenvalue weighted by molar-refractivity contribution is -0.140. The van der Waals surface area contributed by atoms with Crippen LogP contribution in [0.3, 0.4) is 0 Å². The molecule has 0 saturated carbocycles. The number of hydrogen-bond acceptors (Lipinski definition) is 6. The molecule has 1 amide bonds. The summed E-state index contributed by atoms with van der Waals surface area (Å²) in [5, 5.41) is 11.7. The summed E-state index contributed by atoms with van der Waals surface area (Å²) in [7, 11) is 1.51. The zero-order valence-electron chi connectivity index (χ0n) is 18.7. The summed E-state index contributed by atoms with van der Waals surface area (Å²) < 4.78 is 11.1. The Morgan fingerprint density at radius 2 is 1.85 bits per heavy atom. The molecular formula is C26H23ClN2O5. The lowest BCUT2D eigenvalue weighted by Gasteiger charge is -2.26. The van der Waals surface area contributed by atoms with Crippen LogP contribution in [0.25, 0.3) is 5.76 Å². The second kappa shape index (κ2) is 9.97. The number of hydrogen-bond donors (Lipinski definition) is 1. The Morgan fingerprint density at radius 3 is 2.56 bits per heavy atom. The summed E-state index contributed by atoms with van der Waals surface area (Å²) in [4.78, 5) is 32.1. The van der Waals surface area contributed by atoms with Gasteiger partial charge < -0.3 is 19.5 Å². The van der Waals surface area contributed by atoms with Crippen molar-refractivity contribution in [2.75, 3.05) is 13.7 Å². The van der Waals surface area contributed by atoms with E-state index < -0.39 is 17.7 Å². The molecule has 0 aliphatic carbocycles. The number of methoxy groups -OCH3 is 1. The van der Waals surface area contributed by atoms with E-state index in [0.717, 1.165) is 0 Å². The number of aliphatic hydroxyl groups is 1. The van der Waals surface area contributed by atoms with E-state index >= 15 is 0 Å². The van der Waals surface area contributed by atoms with Crippen molar-refractivity contribution in [3.63, 3.8) is 0 Å². The minimum atomic E-state index is -0.885. The van der Waals surface area contributed by atoms with Gasteiger partial charge in [-0.1, -0.05) is 35.9 Å². The largest absolute Gasteiger partial charge is 0.507 e. The maximum Gasteiger partial charge on any atom is 0.296 e. The third kappa shape index (κ3) is 4.34. The van der Waals surface area contributed by atoms with Crippen molar-refractivity contribution < 1.29 is 24.2 Å². The van der Waals surface area contributed by atoms with Crippen LogP contribution in [0.1, 0.15) is 29.8 Å².